The third-order valence-electron chi connectivity index (χ3n) is 2.65. The Balaban J connectivity index is 2.02. The van der Waals surface area contributed by atoms with E-state index in [1.54, 1.807) is 24.3 Å². The average Bonchev–Trinajstić information content (AvgIpc) is 2.44. The van der Waals surface area contributed by atoms with Crippen molar-refractivity contribution in [2.75, 3.05) is 24.7 Å². The highest BCUT2D eigenvalue weighted by molar-refractivity contribution is 5.98. The Morgan fingerprint density at radius 3 is 3.05 bits per heavy atom. The molecule has 1 aromatic rings. The van der Waals surface area contributed by atoms with Gasteiger partial charge in [-0.3, -0.25) is 9.59 Å². The zero-order chi connectivity index (χ0) is 13.7. The van der Waals surface area contributed by atoms with E-state index in [0.29, 0.717) is 11.4 Å². The van der Waals surface area contributed by atoms with E-state index in [4.69, 9.17) is 10.00 Å². The van der Waals surface area contributed by atoms with E-state index in [-0.39, 0.29) is 32.1 Å². The minimum Gasteiger partial charge on any atom is -0.482 e. The van der Waals surface area contributed by atoms with Crippen LogP contribution in [0.4, 0.5) is 5.69 Å². The van der Waals surface area contributed by atoms with E-state index in [9.17, 15) is 9.59 Å². The second-order valence-corrected chi connectivity index (χ2v) is 3.87. The van der Waals surface area contributed by atoms with Crippen LogP contribution in [0.2, 0.25) is 0 Å². The molecule has 19 heavy (non-hydrogen) atoms. The molecule has 0 saturated carbocycles. The van der Waals surface area contributed by atoms with E-state index in [1.165, 1.54) is 4.90 Å². The summed E-state index contributed by atoms with van der Waals surface area (Å²) in [4.78, 5) is 24.6. The van der Waals surface area contributed by atoms with Gasteiger partial charge in [0.05, 0.1) is 12.1 Å². The van der Waals surface area contributed by atoms with Gasteiger partial charge in [0.25, 0.3) is 5.91 Å². The van der Waals surface area contributed by atoms with Crippen molar-refractivity contribution in [3.63, 3.8) is 0 Å². The molecule has 0 fully saturated rings. The molecule has 1 aromatic carbocycles. The number of carbonyl (C=O) groups is 2. The zero-order valence-electron chi connectivity index (χ0n) is 10.2. The summed E-state index contributed by atoms with van der Waals surface area (Å²) in [5.41, 5.74) is 0.645. The highest BCUT2D eigenvalue weighted by Gasteiger charge is 2.25. The van der Waals surface area contributed by atoms with Gasteiger partial charge in [0.15, 0.2) is 13.2 Å². The number of hydrogen-bond donors (Lipinski definition) is 0. The Morgan fingerprint density at radius 1 is 1.47 bits per heavy atom. The van der Waals surface area contributed by atoms with E-state index in [0.717, 1.165) is 0 Å². The van der Waals surface area contributed by atoms with Crippen molar-refractivity contribution in [3.05, 3.63) is 24.3 Å². The molecule has 1 aliphatic heterocycles. The maximum absolute atomic E-state index is 11.8. The van der Waals surface area contributed by atoms with E-state index in [2.05, 4.69) is 4.74 Å². The second-order valence-electron chi connectivity index (χ2n) is 3.87. The SMILES string of the molecule is N#CCOC(=O)CCN1C(=O)COc2ccccc21. The molecule has 0 aromatic heterocycles. The van der Waals surface area contributed by atoms with Gasteiger partial charge in [-0.05, 0) is 12.1 Å². The zero-order valence-corrected chi connectivity index (χ0v) is 10.2. The van der Waals surface area contributed by atoms with Crippen molar-refractivity contribution < 1.29 is 19.1 Å². The second kappa shape index (κ2) is 5.87. The smallest absolute Gasteiger partial charge is 0.308 e. The number of rotatable bonds is 4. The maximum Gasteiger partial charge on any atom is 0.308 e. The number of hydrogen-bond acceptors (Lipinski definition) is 5. The number of nitrogens with zero attached hydrogens (tertiary/aromatic N) is 2. The van der Waals surface area contributed by atoms with Gasteiger partial charge in [-0.2, -0.15) is 5.26 Å². The van der Waals surface area contributed by atoms with Crippen molar-refractivity contribution in [1.29, 1.82) is 5.26 Å². The fourth-order valence-electron chi connectivity index (χ4n) is 1.79. The molecule has 1 amide bonds. The predicted molar refractivity (Wildman–Crippen MR) is 65.5 cm³/mol. The van der Waals surface area contributed by atoms with Crippen molar-refractivity contribution in [1.82, 2.24) is 0 Å². The number of benzene rings is 1. The van der Waals surface area contributed by atoms with Crippen LogP contribution in [0.3, 0.4) is 0 Å². The number of carbonyl (C=O) groups excluding carboxylic acids is 2. The summed E-state index contributed by atoms with van der Waals surface area (Å²) < 4.78 is 9.92. The van der Waals surface area contributed by atoms with Crippen molar-refractivity contribution in [3.8, 4) is 11.8 Å². The quantitative estimate of drug-likeness (QED) is 0.750. The lowest BCUT2D eigenvalue weighted by atomic mass is 10.2. The minimum atomic E-state index is -0.502. The summed E-state index contributed by atoms with van der Waals surface area (Å²) in [5.74, 6) is -0.0856. The Morgan fingerprint density at radius 2 is 2.26 bits per heavy atom. The third-order valence-corrected chi connectivity index (χ3v) is 2.65. The van der Waals surface area contributed by atoms with Gasteiger partial charge in [-0.1, -0.05) is 12.1 Å². The fraction of sp³-hybridized carbons (Fsp3) is 0.308. The number of amides is 1. The van der Waals surface area contributed by atoms with E-state index >= 15 is 0 Å². The number of para-hydroxylation sites is 2. The summed E-state index contributed by atoms with van der Waals surface area (Å²) in [5, 5.41) is 8.30. The number of ether oxygens (including phenoxy) is 2. The van der Waals surface area contributed by atoms with Gasteiger partial charge in [0.2, 0.25) is 0 Å². The third kappa shape index (κ3) is 3.01. The molecular formula is C13H12N2O4. The molecule has 0 atom stereocenters. The van der Waals surface area contributed by atoms with Gasteiger partial charge in [0.1, 0.15) is 11.8 Å². The van der Waals surface area contributed by atoms with E-state index < -0.39 is 5.97 Å². The lowest BCUT2D eigenvalue weighted by molar-refractivity contribution is -0.142. The van der Waals surface area contributed by atoms with Gasteiger partial charge >= 0.3 is 5.97 Å². The van der Waals surface area contributed by atoms with Gasteiger partial charge in [-0.25, -0.2) is 0 Å². The normalized spacial score (nSPS) is 13.2. The molecule has 98 valence electrons. The van der Waals surface area contributed by atoms with Crippen LogP contribution in [0.25, 0.3) is 0 Å². The Hall–Kier alpha value is -2.55. The largest absolute Gasteiger partial charge is 0.482 e. The minimum absolute atomic E-state index is 0.0374. The van der Waals surface area contributed by atoms with Gasteiger partial charge in [-0.15, -0.1) is 0 Å². The number of nitriles is 1. The van der Waals surface area contributed by atoms with Crippen LogP contribution in [0.15, 0.2) is 24.3 Å². The summed E-state index contributed by atoms with van der Waals surface area (Å²) in [7, 11) is 0. The monoisotopic (exact) mass is 260 g/mol. The molecule has 0 bridgehead atoms. The van der Waals surface area contributed by atoms with Crippen molar-refractivity contribution in [2.45, 2.75) is 6.42 Å². The molecule has 0 N–H and O–H groups in total. The molecule has 0 radical (unpaired) electrons. The first kappa shape index (κ1) is 12.9. The van der Waals surface area contributed by atoms with E-state index in [1.807, 2.05) is 6.07 Å². The topological polar surface area (TPSA) is 79.6 Å². The van der Waals surface area contributed by atoms with Crippen LogP contribution in [0, 0.1) is 11.3 Å². The number of fused-ring (bicyclic) bond motifs is 1. The predicted octanol–water partition coefficient (Wildman–Crippen LogP) is 0.869. The van der Waals surface area contributed by atoms with Gasteiger partial charge < -0.3 is 14.4 Å². The standard InChI is InChI=1S/C13H12N2O4/c14-6-8-18-13(17)5-7-15-10-3-1-2-4-11(10)19-9-12(15)16/h1-4H,5,7-9H2. The van der Waals surface area contributed by atoms with Crippen LogP contribution < -0.4 is 9.64 Å². The van der Waals surface area contributed by atoms with Crippen LogP contribution >= 0.6 is 0 Å². The lowest BCUT2D eigenvalue weighted by Gasteiger charge is -2.28. The molecular weight excluding hydrogens is 248 g/mol. The first-order chi connectivity index (χ1) is 9.22. The lowest BCUT2D eigenvalue weighted by Crippen LogP contribution is -2.40. The summed E-state index contributed by atoms with van der Waals surface area (Å²) in [6, 6.07) is 8.85. The van der Waals surface area contributed by atoms with Crippen LogP contribution in [-0.2, 0) is 14.3 Å². The highest BCUT2D eigenvalue weighted by atomic mass is 16.5. The highest BCUT2D eigenvalue weighted by Crippen LogP contribution is 2.31. The molecule has 1 aliphatic rings. The van der Waals surface area contributed by atoms with Crippen LogP contribution in [-0.4, -0.2) is 31.6 Å². The molecule has 0 spiro atoms. The van der Waals surface area contributed by atoms with Crippen molar-refractivity contribution in [2.24, 2.45) is 0 Å². The average molecular weight is 260 g/mol. The number of anilines is 1. The molecule has 0 aliphatic carbocycles. The molecule has 6 nitrogen and oxygen atoms in total. The molecule has 2 rings (SSSR count). The molecule has 0 unspecified atom stereocenters. The first-order valence-corrected chi connectivity index (χ1v) is 5.77. The Kier molecular flexibility index (Phi) is 3.98. The molecule has 1 heterocycles. The van der Waals surface area contributed by atoms with Crippen molar-refractivity contribution >= 4 is 17.6 Å². The number of esters is 1. The first-order valence-electron chi connectivity index (χ1n) is 5.77. The fourth-order valence-corrected chi connectivity index (χ4v) is 1.79. The van der Waals surface area contributed by atoms with Gasteiger partial charge in [0, 0.05) is 6.54 Å². The summed E-state index contributed by atoms with van der Waals surface area (Å²) in [6.45, 7) is -0.0970. The summed E-state index contributed by atoms with van der Waals surface area (Å²) in [6.07, 6.45) is 0.0434. The molecule has 0 saturated heterocycles. The Bertz CT molecular complexity index is 536. The Labute approximate surface area is 110 Å². The summed E-state index contributed by atoms with van der Waals surface area (Å²) >= 11 is 0. The van der Waals surface area contributed by atoms with Crippen LogP contribution in [0.1, 0.15) is 6.42 Å². The van der Waals surface area contributed by atoms with Crippen LogP contribution in [0.5, 0.6) is 5.75 Å². The maximum atomic E-state index is 11.8. The molecule has 6 heteroatoms.